The van der Waals surface area contributed by atoms with E-state index in [1.54, 1.807) is 11.3 Å². The van der Waals surface area contributed by atoms with Crippen molar-refractivity contribution >= 4 is 39.6 Å². The second kappa shape index (κ2) is 5.69. The Morgan fingerprint density at radius 1 is 1.35 bits per heavy atom. The summed E-state index contributed by atoms with van der Waals surface area (Å²) in [7, 11) is 1.43. The average Bonchev–Trinajstić information content (AvgIpc) is 3.17. The third-order valence-electron chi connectivity index (χ3n) is 3.70. The SMILES string of the molecule is COC(=O)c1c(NC(=S)NC2CC2)sc2c1CCCC2. The van der Waals surface area contributed by atoms with E-state index in [0.29, 0.717) is 16.7 Å². The first-order valence-corrected chi connectivity index (χ1v) is 8.22. The van der Waals surface area contributed by atoms with E-state index in [4.69, 9.17) is 17.0 Å². The van der Waals surface area contributed by atoms with Gasteiger partial charge in [-0.25, -0.2) is 4.79 Å². The fourth-order valence-electron chi connectivity index (χ4n) is 2.52. The smallest absolute Gasteiger partial charge is 0.341 e. The first-order chi connectivity index (χ1) is 9.69. The maximum Gasteiger partial charge on any atom is 0.341 e. The number of esters is 1. The number of thiophene rings is 1. The summed E-state index contributed by atoms with van der Waals surface area (Å²) in [5.74, 6) is -0.263. The second-order valence-corrected chi connectivity index (χ2v) is 6.79. The Bertz CT molecular complexity index is 550. The lowest BCUT2D eigenvalue weighted by Crippen LogP contribution is -2.30. The zero-order valence-corrected chi connectivity index (χ0v) is 13.1. The van der Waals surface area contributed by atoms with Crippen molar-refractivity contribution in [2.75, 3.05) is 12.4 Å². The summed E-state index contributed by atoms with van der Waals surface area (Å²) in [6, 6.07) is 0.506. The van der Waals surface area contributed by atoms with Crippen molar-refractivity contribution < 1.29 is 9.53 Å². The van der Waals surface area contributed by atoms with Gasteiger partial charge in [0.15, 0.2) is 5.11 Å². The van der Waals surface area contributed by atoms with Crippen molar-refractivity contribution in [3.8, 4) is 0 Å². The molecule has 2 N–H and O–H groups in total. The minimum atomic E-state index is -0.263. The van der Waals surface area contributed by atoms with E-state index in [1.807, 2.05) is 0 Å². The highest BCUT2D eigenvalue weighted by atomic mass is 32.1. The van der Waals surface area contributed by atoms with E-state index in [1.165, 1.54) is 31.2 Å². The molecule has 0 atom stereocenters. The monoisotopic (exact) mass is 310 g/mol. The van der Waals surface area contributed by atoms with E-state index < -0.39 is 0 Å². The highest BCUT2D eigenvalue weighted by molar-refractivity contribution is 7.80. The van der Waals surface area contributed by atoms with Gasteiger partial charge in [-0.2, -0.15) is 0 Å². The van der Waals surface area contributed by atoms with Crippen LogP contribution >= 0.6 is 23.6 Å². The summed E-state index contributed by atoms with van der Waals surface area (Å²) in [5.41, 5.74) is 1.84. The van der Waals surface area contributed by atoms with Crippen molar-refractivity contribution in [3.05, 3.63) is 16.0 Å². The van der Waals surface area contributed by atoms with E-state index in [2.05, 4.69) is 10.6 Å². The first-order valence-electron chi connectivity index (χ1n) is 6.99. The van der Waals surface area contributed by atoms with Crippen LogP contribution in [0.4, 0.5) is 5.00 Å². The molecule has 0 bridgehead atoms. The third kappa shape index (κ3) is 2.81. The zero-order valence-electron chi connectivity index (χ0n) is 11.5. The Morgan fingerprint density at radius 2 is 2.10 bits per heavy atom. The normalized spacial score (nSPS) is 17.2. The molecule has 0 spiro atoms. The number of anilines is 1. The summed E-state index contributed by atoms with van der Waals surface area (Å²) in [6.07, 6.45) is 6.69. The summed E-state index contributed by atoms with van der Waals surface area (Å²) in [5, 5.41) is 7.88. The Morgan fingerprint density at radius 3 is 2.80 bits per heavy atom. The average molecular weight is 310 g/mol. The van der Waals surface area contributed by atoms with Gasteiger partial charge in [0.25, 0.3) is 0 Å². The number of hydrogen-bond acceptors (Lipinski definition) is 4. The van der Waals surface area contributed by atoms with Gasteiger partial charge in [0.1, 0.15) is 5.00 Å². The van der Waals surface area contributed by atoms with Crippen LogP contribution in [0.1, 0.15) is 46.5 Å². The molecular weight excluding hydrogens is 292 g/mol. The lowest BCUT2D eigenvalue weighted by molar-refractivity contribution is 0.0601. The largest absolute Gasteiger partial charge is 0.465 e. The molecule has 0 unspecified atom stereocenters. The maximum atomic E-state index is 12.1. The second-order valence-electron chi connectivity index (χ2n) is 5.28. The van der Waals surface area contributed by atoms with Crippen LogP contribution in [0.25, 0.3) is 0 Å². The molecule has 6 heteroatoms. The van der Waals surface area contributed by atoms with Gasteiger partial charge in [-0.15, -0.1) is 11.3 Å². The number of nitrogens with one attached hydrogen (secondary N) is 2. The van der Waals surface area contributed by atoms with Crippen molar-refractivity contribution in [2.24, 2.45) is 0 Å². The highest BCUT2D eigenvalue weighted by Gasteiger charge is 2.27. The minimum absolute atomic E-state index is 0.263. The van der Waals surface area contributed by atoms with Gasteiger partial charge in [0, 0.05) is 10.9 Å². The number of thiocarbonyl (C=S) groups is 1. The van der Waals surface area contributed by atoms with Crippen LogP contribution in [-0.4, -0.2) is 24.2 Å². The van der Waals surface area contributed by atoms with Gasteiger partial charge in [-0.05, 0) is 56.3 Å². The molecule has 1 heterocycles. The number of ether oxygens (including phenoxy) is 1. The standard InChI is InChI=1S/C14H18N2O2S2/c1-18-13(17)11-9-4-2-3-5-10(9)20-12(11)16-14(19)15-8-6-7-8/h8H,2-7H2,1H3,(H2,15,16,19). The molecule has 0 amide bonds. The van der Waals surface area contributed by atoms with Crippen LogP contribution in [0.2, 0.25) is 0 Å². The molecule has 20 heavy (non-hydrogen) atoms. The first kappa shape index (κ1) is 13.8. The Kier molecular flexibility index (Phi) is 3.94. The molecule has 108 valence electrons. The van der Waals surface area contributed by atoms with Crippen molar-refractivity contribution in [3.63, 3.8) is 0 Å². The molecule has 1 aromatic rings. The van der Waals surface area contributed by atoms with E-state index in [-0.39, 0.29) is 5.97 Å². The molecule has 2 aliphatic carbocycles. The van der Waals surface area contributed by atoms with Gasteiger partial charge in [-0.3, -0.25) is 0 Å². The van der Waals surface area contributed by atoms with Gasteiger partial charge in [0.05, 0.1) is 12.7 Å². The quantitative estimate of drug-likeness (QED) is 0.664. The van der Waals surface area contributed by atoms with E-state index >= 15 is 0 Å². The molecule has 0 aromatic carbocycles. The lowest BCUT2D eigenvalue weighted by atomic mass is 9.95. The molecule has 0 aliphatic heterocycles. The van der Waals surface area contributed by atoms with Crippen molar-refractivity contribution in [1.29, 1.82) is 0 Å². The molecule has 3 rings (SSSR count). The van der Waals surface area contributed by atoms with Crippen LogP contribution in [0.3, 0.4) is 0 Å². The molecular formula is C14H18N2O2S2. The lowest BCUT2D eigenvalue weighted by Gasteiger charge is -2.12. The van der Waals surface area contributed by atoms with Gasteiger partial charge in [-0.1, -0.05) is 0 Å². The number of methoxy groups -OCH3 is 1. The third-order valence-corrected chi connectivity index (χ3v) is 5.13. The Hall–Kier alpha value is -1.14. The molecule has 1 saturated carbocycles. The maximum absolute atomic E-state index is 12.1. The molecule has 1 fully saturated rings. The van der Waals surface area contributed by atoms with Crippen LogP contribution < -0.4 is 10.6 Å². The predicted octanol–water partition coefficient (Wildman–Crippen LogP) is 2.86. The van der Waals surface area contributed by atoms with Crippen LogP contribution in [0.5, 0.6) is 0 Å². The molecule has 1 aromatic heterocycles. The predicted molar refractivity (Wildman–Crippen MR) is 84.7 cm³/mol. The highest BCUT2D eigenvalue weighted by Crippen LogP contribution is 2.38. The van der Waals surface area contributed by atoms with Crippen LogP contribution in [-0.2, 0) is 17.6 Å². The fourth-order valence-corrected chi connectivity index (χ4v) is 4.14. The summed E-state index contributed by atoms with van der Waals surface area (Å²) in [4.78, 5) is 13.4. The van der Waals surface area contributed by atoms with E-state index in [9.17, 15) is 4.79 Å². The number of carbonyl (C=O) groups excluding carboxylic acids is 1. The van der Waals surface area contributed by atoms with Gasteiger partial charge in [0.2, 0.25) is 0 Å². The molecule has 4 nitrogen and oxygen atoms in total. The molecule has 0 radical (unpaired) electrons. The zero-order chi connectivity index (χ0) is 14.1. The number of aryl methyl sites for hydroxylation is 1. The topological polar surface area (TPSA) is 50.4 Å². The summed E-state index contributed by atoms with van der Waals surface area (Å²) < 4.78 is 4.94. The van der Waals surface area contributed by atoms with E-state index in [0.717, 1.165) is 29.8 Å². The van der Waals surface area contributed by atoms with Gasteiger partial charge < -0.3 is 15.4 Å². The van der Waals surface area contributed by atoms with Crippen LogP contribution in [0, 0.1) is 0 Å². The minimum Gasteiger partial charge on any atom is -0.465 e. The van der Waals surface area contributed by atoms with Crippen LogP contribution in [0.15, 0.2) is 0 Å². The number of fused-ring (bicyclic) bond motifs is 1. The fraction of sp³-hybridized carbons (Fsp3) is 0.571. The Labute approximate surface area is 127 Å². The number of carbonyl (C=O) groups is 1. The van der Waals surface area contributed by atoms with Gasteiger partial charge >= 0.3 is 5.97 Å². The summed E-state index contributed by atoms with van der Waals surface area (Å²) in [6.45, 7) is 0. The van der Waals surface area contributed by atoms with Crippen molar-refractivity contribution in [2.45, 2.75) is 44.6 Å². The van der Waals surface area contributed by atoms with Crippen molar-refractivity contribution in [1.82, 2.24) is 5.32 Å². The summed E-state index contributed by atoms with van der Waals surface area (Å²) >= 11 is 6.95. The Balaban J connectivity index is 1.85. The molecule has 2 aliphatic rings. The number of hydrogen-bond donors (Lipinski definition) is 2. The number of rotatable bonds is 3. The molecule has 0 saturated heterocycles.